The zero-order valence-corrected chi connectivity index (χ0v) is 18.7. The molecule has 0 fully saturated rings. The number of carboxylic acids is 1. The van der Waals surface area contributed by atoms with Crippen LogP contribution in [0.2, 0.25) is 0 Å². The van der Waals surface area contributed by atoms with E-state index in [2.05, 4.69) is 4.98 Å². The molecule has 1 aromatic heterocycles. The number of aliphatic carboxylic acids is 1. The molecule has 0 atom stereocenters. The Kier molecular flexibility index (Phi) is 8.65. The van der Waals surface area contributed by atoms with E-state index in [1.54, 1.807) is 18.2 Å². The minimum Gasteiger partial charge on any atom is -0.489 e. The van der Waals surface area contributed by atoms with Crippen LogP contribution in [-0.2, 0) is 18.0 Å². The fourth-order valence-electron chi connectivity index (χ4n) is 3.04. The molecular weight excluding hydrogens is 418 g/mol. The van der Waals surface area contributed by atoms with E-state index >= 15 is 0 Å². The van der Waals surface area contributed by atoms with Gasteiger partial charge in [-0.2, -0.15) is 0 Å². The first-order valence-electron chi connectivity index (χ1n) is 10.8. The molecule has 0 saturated carbocycles. The molecule has 0 aliphatic carbocycles. The van der Waals surface area contributed by atoms with Gasteiger partial charge in [-0.15, -0.1) is 0 Å². The van der Waals surface area contributed by atoms with Gasteiger partial charge < -0.3 is 19.3 Å². The predicted octanol–water partition coefficient (Wildman–Crippen LogP) is 5.88. The lowest BCUT2D eigenvalue weighted by molar-refractivity contribution is -0.139. The van der Waals surface area contributed by atoms with Crippen molar-refractivity contribution in [2.24, 2.45) is 0 Å². The lowest BCUT2D eigenvalue weighted by Gasteiger charge is -2.11. The van der Waals surface area contributed by atoms with Crippen LogP contribution < -0.4 is 14.2 Å². The standard InChI is InChI=1S/C25H21NO5.C2H6/c27-25(28)17-31-21-7-3-5-18(13-21)15-29-22-8-4-9-23(14-22)30-16-20-12-11-19-6-1-2-10-24(19)26-20;1-2/h1-14H,15-17H2,(H,27,28);1-2H3. The Hall–Kier alpha value is -4.06. The van der Waals surface area contributed by atoms with E-state index in [1.165, 1.54) is 0 Å². The SMILES string of the molecule is CC.O=C(O)COc1cccc(COc2cccc(OCc3ccc4ccccc4n3)c2)c1. The maximum absolute atomic E-state index is 10.6. The monoisotopic (exact) mass is 445 g/mol. The number of pyridine rings is 1. The number of para-hydroxylation sites is 1. The predicted molar refractivity (Wildman–Crippen MR) is 128 cm³/mol. The van der Waals surface area contributed by atoms with Crippen molar-refractivity contribution in [3.8, 4) is 17.2 Å². The number of benzene rings is 3. The first kappa shape index (κ1) is 23.6. The third-order valence-corrected chi connectivity index (χ3v) is 4.51. The topological polar surface area (TPSA) is 77.9 Å². The average molecular weight is 446 g/mol. The van der Waals surface area contributed by atoms with Crippen molar-refractivity contribution in [1.82, 2.24) is 4.98 Å². The fraction of sp³-hybridized carbons (Fsp3) is 0.185. The molecule has 4 rings (SSSR count). The Morgan fingerprint density at radius 3 is 2.18 bits per heavy atom. The van der Waals surface area contributed by atoms with E-state index in [-0.39, 0.29) is 6.61 Å². The van der Waals surface area contributed by atoms with Crippen LogP contribution in [0, 0.1) is 0 Å². The summed E-state index contributed by atoms with van der Waals surface area (Å²) in [6, 6.07) is 26.5. The molecule has 0 aliphatic rings. The first-order chi connectivity index (χ1) is 16.2. The number of carbonyl (C=O) groups is 1. The van der Waals surface area contributed by atoms with Gasteiger partial charge in [0.1, 0.15) is 30.5 Å². The van der Waals surface area contributed by atoms with Crippen LogP contribution >= 0.6 is 0 Å². The molecule has 0 amide bonds. The quantitative estimate of drug-likeness (QED) is 0.346. The van der Waals surface area contributed by atoms with Gasteiger partial charge in [0.2, 0.25) is 0 Å². The van der Waals surface area contributed by atoms with Crippen LogP contribution in [0.25, 0.3) is 10.9 Å². The summed E-state index contributed by atoms with van der Waals surface area (Å²) in [5, 5.41) is 9.82. The average Bonchev–Trinajstić information content (AvgIpc) is 2.86. The van der Waals surface area contributed by atoms with Gasteiger partial charge in [0.15, 0.2) is 6.61 Å². The van der Waals surface area contributed by atoms with E-state index < -0.39 is 5.97 Å². The highest BCUT2D eigenvalue weighted by Crippen LogP contribution is 2.22. The Balaban J connectivity index is 0.00000149. The number of fused-ring (bicyclic) bond motifs is 1. The number of hydrogen-bond donors (Lipinski definition) is 1. The summed E-state index contributed by atoms with van der Waals surface area (Å²) >= 11 is 0. The molecule has 3 aromatic carbocycles. The molecule has 0 radical (unpaired) electrons. The summed E-state index contributed by atoms with van der Waals surface area (Å²) < 4.78 is 16.9. The molecule has 0 unspecified atom stereocenters. The molecule has 6 heteroatoms. The molecule has 170 valence electrons. The minimum atomic E-state index is -1.02. The van der Waals surface area contributed by atoms with Crippen molar-refractivity contribution in [3.05, 3.63) is 96.2 Å². The highest BCUT2D eigenvalue weighted by atomic mass is 16.5. The number of hydrogen-bond acceptors (Lipinski definition) is 5. The van der Waals surface area contributed by atoms with Gasteiger partial charge >= 0.3 is 5.97 Å². The van der Waals surface area contributed by atoms with Gasteiger partial charge in [0, 0.05) is 11.5 Å². The Labute approximate surface area is 193 Å². The van der Waals surface area contributed by atoms with Crippen molar-refractivity contribution in [3.63, 3.8) is 0 Å². The molecule has 4 aromatic rings. The number of rotatable bonds is 9. The summed E-state index contributed by atoms with van der Waals surface area (Å²) in [7, 11) is 0. The van der Waals surface area contributed by atoms with Crippen molar-refractivity contribution in [2.45, 2.75) is 27.1 Å². The van der Waals surface area contributed by atoms with Crippen molar-refractivity contribution in [1.29, 1.82) is 0 Å². The van der Waals surface area contributed by atoms with Crippen LogP contribution in [0.15, 0.2) is 84.9 Å². The van der Waals surface area contributed by atoms with Gasteiger partial charge in [0.05, 0.1) is 11.2 Å². The molecule has 1 heterocycles. The molecule has 33 heavy (non-hydrogen) atoms. The Morgan fingerprint density at radius 1 is 0.758 bits per heavy atom. The first-order valence-corrected chi connectivity index (χ1v) is 10.8. The largest absolute Gasteiger partial charge is 0.489 e. The molecule has 0 aliphatic heterocycles. The summed E-state index contributed by atoms with van der Waals surface area (Å²) in [4.78, 5) is 15.3. The van der Waals surface area contributed by atoms with E-state index in [1.807, 2.05) is 80.6 Å². The molecule has 0 spiro atoms. The number of nitrogens with zero attached hydrogens (tertiary/aromatic N) is 1. The van der Waals surface area contributed by atoms with E-state index in [4.69, 9.17) is 19.3 Å². The lowest BCUT2D eigenvalue weighted by Crippen LogP contribution is -2.09. The maximum atomic E-state index is 10.6. The van der Waals surface area contributed by atoms with Gasteiger partial charge in [-0.3, -0.25) is 0 Å². The summed E-state index contributed by atoms with van der Waals surface area (Å²) in [6.07, 6.45) is 0. The Morgan fingerprint density at radius 2 is 1.42 bits per heavy atom. The Bertz CT molecular complexity index is 1190. The fourth-order valence-corrected chi connectivity index (χ4v) is 3.04. The van der Waals surface area contributed by atoms with Crippen LogP contribution in [-0.4, -0.2) is 22.7 Å². The molecule has 0 saturated heterocycles. The molecule has 0 bridgehead atoms. The van der Waals surface area contributed by atoms with Gasteiger partial charge in [-0.1, -0.05) is 56.3 Å². The second-order valence-electron chi connectivity index (χ2n) is 6.88. The zero-order valence-electron chi connectivity index (χ0n) is 18.7. The van der Waals surface area contributed by atoms with Crippen molar-refractivity contribution < 1.29 is 24.1 Å². The highest BCUT2D eigenvalue weighted by molar-refractivity contribution is 5.78. The minimum absolute atomic E-state index is 0.319. The summed E-state index contributed by atoms with van der Waals surface area (Å²) in [5.74, 6) is 0.827. The molecule has 1 N–H and O–H groups in total. The second-order valence-corrected chi connectivity index (χ2v) is 6.88. The number of carboxylic acid groups (broad SMARTS) is 1. The highest BCUT2D eigenvalue weighted by Gasteiger charge is 2.04. The second kappa shape index (κ2) is 12.1. The number of aromatic nitrogens is 1. The number of ether oxygens (including phenoxy) is 3. The maximum Gasteiger partial charge on any atom is 0.341 e. The zero-order chi connectivity index (χ0) is 23.5. The van der Waals surface area contributed by atoms with Crippen LogP contribution in [0.4, 0.5) is 0 Å². The van der Waals surface area contributed by atoms with E-state index in [9.17, 15) is 4.79 Å². The van der Waals surface area contributed by atoms with E-state index in [0.29, 0.717) is 30.5 Å². The van der Waals surface area contributed by atoms with Crippen LogP contribution in [0.5, 0.6) is 17.2 Å². The molecular formula is C27H27NO5. The van der Waals surface area contributed by atoms with Crippen molar-refractivity contribution in [2.75, 3.05) is 6.61 Å². The van der Waals surface area contributed by atoms with E-state index in [0.717, 1.165) is 22.2 Å². The lowest BCUT2D eigenvalue weighted by atomic mass is 10.2. The third kappa shape index (κ3) is 7.25. The van der Waals surface area contributed by atoms with Gasteiger partial charge in [-0.25, -0.2) is 9.78 Å². The summed E-state index contributed by atoms with van der Waals surface area (Å²) in [5.41, 5.74) is 2.66. The van der Waals surface area contributed by atoms with Crippen LogP contribution in [0.1, 0.15) is 25.1 Å². The van der Waals surface area contributed by atoms with Crippen molar-refractivity contribution >= 4 is 16.9 Å². The van der Waals surface area contributed by atoms with Gasteiger partial charge in [-0.05, 0) is 42.0 Å². The smallest absolute Gasteiger partial charge is 0.341 e. The van der Waals surface area contributed by atoms with Crippen LogP contribution in [0.3, 0.4) is 0 Å². The normalized spacial score (nSPS) is 10.1. The summed E-state index contributed by atoms with van der Waals surface area (Å²) in [6.45, 7) is 4.30. The molecule has 6 nitrogen and oxygen atoms in total. The third-order valence-electron chi connectivity index (χ3n) is 4.51. The van der Waals surface area contributed by atoms with Gasteiger partial charge in [0.25, 0.3) is 0 Å².